The zero-order valence-electron chi connectivity index (χ0n) is 11.3. The Labute approximate surface area is 112 Å². The number of aliphatic hydroxyl groups is 1. The van der Waals surface area contributed by atoms with Crippen molar-refractivity contribution in [1.82, 2.24) is 0 Å². The molecule has 1 N–H and O–H groups in total. The first-order chi connectivity index (χ1) is 8.93. The second-order valence-electron chi connectivity index (χ2n) is 5.26. The second kappa shape index (κ2) is 5.05. The molecule has 1 atom stereocenters. The minimum atomic E-state index is -0.941. The van der Waals surface area contributed by atoms with Crippen molar-refractivity contribution in [3.8, 4) is 0 Å². The Balaban J connectivity index is 2.12. The summed E-state index contributed by atoms with van der Waals surface area (Å²) >= 11 is 0. The molecule has 2 rings (SSSR count). The Bertz CT molecular complexity index is 502. The minimum Gasteiger partial charge on any atom is -0.460 e. The number of aliphatic hydroxyl groups excluding tert-OH is 1. The lowest BCUT2D eigenvalue weighted by molar-refractivity contribution is -0.166. The highest BCUT2D eigenvalue weighted by molar-refractivity contribution is 5.79. The van der Waals surface area contributed by atoms with Gasteiger partial charge in [0.1, 0.15) is 6.61 Å². The van der Waals surface area contributed by atoms with E-state index in [4.69, 9.17) is 9.47 Å². The lowest BCUT2D eigenvalue weighted by Gasteiger charge is -2.34. The van der Waals surface area contributed by atoms with Gasteiger partial charge >= 0.3 is 5.97 Å². The molecule has 1 aromatic carbocycles. The molecular formula is C15H18O4. The number of benzene rings is 1. The summed E-state index contributed by atoms with van der Waals surface area (Å²) in [6.07, 6.45) is -0.889. The van der Waals surface area contributed by atoms with Crippen molar-refractivity contribution in [3.63, 3.8) is 0 Å². The highest BCUT2D eigenvalue weighted by atomic mass is 16.7. The molecule has 0 saturated heterocycles. The van der Waals surface area contributed by atoms with Gasteiger partial charge in [-0.2, -0.15) is 0 Å². The van der Waals surface area contributed by atoms with Crippen LogP contribution in [-0.4, -0.2) is 17.2 Å². The normalized spacial score (nSPS) is 22.1. The molecule has 0 aromatic heterocycles. The van der Waals surface area contributed by atoms with Crippen LogP contribution < -0.4 is 0 Å². The van der Waals surface area contributed by atoms with E-state index < -0.39 is 17.5 Å². The zero-order valence-corrected chi connectivity index (χ0v) is 11.3. The topological polar surface area (TPSA) is 55.8 Å². The minimum absolute atomic E-state index is 0.112. The van der Waals surface area contributed by atoms with Crippen molar-refractivity contribution in [2.24, 2.45) is 5.41 Å². The van der Waals surface area contributed by atoms with Crippen LogP contribution in [-0.2, 0) is 20.9 Å². The fraction of sp³-hybridized carbons (Fsp3) is 0.400. The number of rotatable bonds is 3. The number of hydrogen-bond donors (Lipinski definition) is 1. The first-order valence-corrected chi connectivity index (χ1v) is 6.20. The summed E-state index contributed by atoms with van der Waals surface area (Å²) in [5.41, 5.74) is 0.572. The lowest BCUT2D eigenvalue weighted by atomic mass is 9.82. The first kappa shape index (κ1) is 13.6. The standard InChI is InChI=1S/C15H18O4/c1-10-12(16)15(2,3)14(17)19-13(10)18-9-11-7-5-4-6-8-11/h4-8,12,16H,9H2,1-3H3. The number of carbonyl (C=O) groups is 1. The van der Waals surface area contributed by atoms with E-state index >= 15 is 0 Å². The van der Waals surface area contributed by atoms with Crippen LogP contribution in [0.5, 0.6) is 0 Å². The monoisotopic (exact) mass is 262 g/mol. The maximum absolute atomic E-state index is 11.8. The van der Waals surface area contributed by atoms with E-state index in [0.717, 1.165) is 5.56 Å². The van der Waals surface area contributed by atoms with E-state index in [-0.39, 0.29) is 5.95 Å². The van der Waals surface area contributed by atoms with Gasteiger partial charge in [-0.15, -0.1) is 0 Å². The Kier molecular flexibility index (Phi) is 3.62. The molecule has 1 unspecified atom stereocenters. The van der Waals surface area contributed by atoms with Gasteiger partial charge in [-0.3, -0.25) is 4.79 Å². The number of esters is 1. The van der Waals surface area contributed by atoms with Crippen LogP contribution in [0.1, 0.15) is 26.3 Å². The largest absolute Gasteiger partial charge is 0.460 e. The smallest absolute Gasteiger partial charge is 0.322 e. The van der Waals surface area contributed by atoms with Gasteiger partial charge in [-0.05, 0) is 26.3 Å². The Hall–Kier alpha value is -1.81. The molecule has 0 bridgehead atoms. The van der Waals surface area contributed by atoms with E-state index in [2.05, 4.69) is 0 Å². The van der Waals surface area contributed by atoms with E-state index in [1.807, 2.05) is 30.3 Å². The van der Waals surface area contributed by atoms with Crippen molar-refractivity contribution in [2.75, 3.05) is 0 Å². The van der Waals surface area contributed by atoms with Gasteiger partial charge in [-0.1, -0.05) is 30.3 Å². The first-order valence-electron chi connectivity index (χ1n) is 6.20. The summed E-state index contributed by atoms with van der Waals surface area (Å²) in [6, 6.07) is 9.57. The van der Waals surface area contributed by atoms with Crippen molar-refractivity contribution >= 4 is 5.97 Å². The van der Waals surface area contributed by atoms with Crippen LogP contribution in [0.3, 0.4) is 0 Å². The number of carbonyl (C=O) groups excluding carboxylic acids is 1. The molecule has 0 saturated carbocycles. The molecule has 0 spiro atoms. The summed E-state index contributed by atoms with van der Waals surface area (Å²) in [6.45, 7) is 5.31. The predicted molar refractivity (Wildman–Crippen MR) is 69.8 cm³/mol. The quantitative estimate of drug-likeness (QED) is 0.850. The second-order valence-corrected chi connectivity index (χ2v) is 5.26. The van der Waals surface area contributed by atoms with E-state index in [0.29, 0.717) is 12.2 Å². The highest BCUT2D eigenvalue weighted by Gasteiger charge is 2.44. The zero-order chi connectivity index (χ0) is 14.0. The third-order valence-corrected chi connectivity index (χ3v) is 3.34. The third kappa shape index (κ3) is 2.63. The Morgan fingerprint density at radius 2 is 1.95 bits per heavy atom. The molecule has 0 radical (unpaired) electrons. The van der Waals surface area contributed by atoms with Gasteiger partial charge in [0.15, 0.2) is 0 Å². The molecule has 102 valence electrons. The van der Waals surface area contributed by atoms with E-state index in [1.54, 1.807) is 20.8 Å². The summed E-state index contributed by atoms with van der Waals surface area (Å²) in [5.74, 6) is -0.366. The fourth-order valence-corrected chi connectivity index (χ4v) is 1.93. The molecule has 1 heterocycles. The van der Waals surface area contributed by atoms with Crippen molar-refractivity contribution in [1.29, 1.82) is 0 Å². The summed E-state index contributed by atoms with van der Waals surface area (Å²) in [7, 11) is 0. The van der Waals surface area contributed by atoms with E-state index in [9.17, 15) is 9.90 Å². The van der Waals surface area contributed by atoms with Crippen LogP contribution in [0.2, 0.25) is 0 Å². The van der Waals surface area contributed by atoms with Gasteiger partial charge in [0.25, 0.3) is 5.95 Å². The third-order valence-electron chi connectivity index (χ3n) is 3.34. The molecule has 19 heavy (non-hydrogen) atoms. The van der Waals surface area contributed by atoms with Crippen LogP contribution in [0.4, 0.5) is 0 Å². The molecule has 1 aliphatic rings. The van der Waals surface area contributed by atoms with E-state index in [1.165, 1.54) is 0 Å². The number of ether oxygens (including phenoxy) is 2. The Morgan fingerprint density at radius 3 is 2.58 bits per heavy atom. The molecule has 1 aliphatic heterocycles. The van der Waals surface area contributed by atoms with Gasteiger partial charge in [0, 0.05) is 5.57 Å². The lowest BCUT2D eigenvalue weighted by Crippen LogP contribution is -2.43. The number of cyclic esters (lactones) is 1. The molecule has 0 aliphatic carbocycles. The summed E-state index contributed by atoms with van der Waals surface area (Å²) in [4.78, 5) is 11.8. The van der Waals surface area contributed by atoms with Gasteiger partial charge < -0.3 is 14.6 Å². The average Bonchev–Trinajstić information content (AvgIpc) is 2.41. The fourth-order valence-electron chi connectivity index (χ4n) is 1.93. The molecule has 1 aromatic rings. The van der Waals surface area contributed by atoms with Crippen molar-refractivity contribution < 1.29 is 19.4 Å². The molecule has 4 nitrogen and oxygen atoms in total. The average molecular weight is 262 g/mol. The van der Waals surface area contributed by atoms with Crippen molar-refractivity contribution in [2.45, 2.75) is 33.5 Å². The van der Waals surface area contributed by atoms with Gasteiger partial charge in [0.2, 0.25) is 0 Å². The van der Waals surface area contributed by atoms with Gasteiger partial charge in [-0.25, -0.2) is 0 Å². The Morgan fingerprint density at radius 1 is 1.32 bits per heavy atom. The maximum atomic E-state index is 11.8. The predicted octanol–water partition coefficient (Wildman–Crippen LogP) is 2.38. The maximum Gasteiger partial charge on any atom is 0.322 e. The van der Waals surface area contributed by atoms with Crippen LogP contribution in [0.25, 0.3) is 0 Å². The number of hydrogen-bond acceptors (Lipinski definition) is 4. The van der Waals surface area contributed by atoms with Crippen LogP contribution in [0, 0.1) is 5.41 Å². The van der Waals surface area contributed by atoms with Crippen LogP contribution >= 0.6 is 0 Å². The molecule has 0 amide bonds. The summed E-state index contributed by atoms with van der Waals surface area (Å²) < 4.78 is 10.7. The molecular weight excluding hydrogens is 244 g/mol. The van der Waals surface area contributed by atoms with Crippen molar-refractivity contribution in [3.05, 3.63) is 47.4 Å². The SMILES string of the molecule is CC1=C(OCc2ccccc2)OC(=O)C(C)(C)C1O. The summed E-state index contributed by atoms with van der Waals surface area (Å²) in [5, 5.41) is 10.1. The highest BCUT2D eigenvalue weighted by Crippen LogP contribution is 2.35. The van der Waals surface area contributed by atoms with Gasteiger partial charge in [0.05, 0.1) is 11.5 Å². The van der Waals surface area contributed by atoms with Crippen LogP contribution in [0.15, 0.2) is 41.9 Å². The molecule has 0 fully saturated rings. The molecule has 4 heteroatoms.